The molecule has 10 heteroatoms. The number of methoxy groups -OCH3 is 1. The molecule has 1 N–H and O–H groups in total. The van der Waals surface area contributed by atoms with Crippen LogP contribution in [0.15, 0.2) is 47.3 Å². The number of aromatic nitrogens is 2. The fraction of sp³-hybridized carbons (Fsp3) is 0.261. The van der Waals surface area contributed by atoms with Crippen molar-refractivity contribution in [2.45, 2.75) is 25.9 Å². The van der Waals surface area contributed by atoms with Crippen LogP contribution in [0, 0.1) is 5.82 Å². The quantitative estimate of drug-likeness (QED) is 0.541. The van der Waals surface area contributed by atoms with E-state index in [1.807, 2.05) is 26.0 Å². The van der Waals surface area contributed by atoms with Gasteiger partial charge in [-0.25, -0.2) is 9.07 Å². The summed E-state index contributed by atoms with van der Waals surface area (Å²) in [6.07, 6.45) is -5.02. The molecule has 1 heterocycles. The topological polar surface area (TPSA) is 73.2 Å². The Kier molecular flexibility index (Phi) is 6.57. The van der Waals surface area contributed by atoms with E-state index in [4.69, 9.17) is 4.74 Å². The minimum atomic E-state index is -5.02. The second-order valence-corrected chi connectivity index (χ2v) is 7.57. The van der Waals surface area contributed by atoms with Gasteiger partial charge < -0.3 is 10.1 Å². The molecule has 0 aliphatic heterocycles. The minimum Gasteiger partial charge on any atom is -0.496 e. The molecule has 1 aromatic heterocycles. The second-order valence-electron chi connectivity index (χ2n) is 7.57. The third-order valence-electron chi connectivity index (χ3n) is 5.03. The number of hydrogen-bond acceptors (Lipinski definition) is 4. The van der Waals surface area contributed by atoms with Gasteiger partial charge in [-0.3, -0.25) is 9.59 Å². The summed E-state index contributed by atoms with van der Waals surface area (Å²) in [5.74, 6) is -3.32. The van der Waals surface area contributed by atoms with Crippen molar-refractivity contribution in [1.29, 1.82) is 0 Å². The highest BCUT2D eigenvalue weighted by atomic mass is 19.4. The number of alkyl halides is 3. The maximum atomic E-state index is 14.8. The zero-order chi connectivity index (χ0) is 24.5. The summed E-state index contributed by atoms with van der Waals surface area (Å²) in [7, 11) is 2.52. The molecule has 3 aromatic rings. The summed E-state index contributed by atoms with van der Waals surface area (Å²) in [5, 5.41) is 6.59. The van der Waals surface area contributed by atoms with E-state index in [0.717, 1.165) is 29.5 Å². The van der Waals surface area contributed by atoms with E-state index in [9.17, 15) is 27.2 Å². The standard InChI is InChI=1S/C23H21F4N3O3/c1-12(2)13-7-5-6-8-14(13)21-16(11-18(31)30(3)29-21)28-22(32)19-17(33-4)10-9-15(20(19)24)23(25,26)27/h5-12H,1-4H3,(H,28,32). The van der Waals surface area contributed by atoms with Crippen molar-refractivity contribution in [1.82, 2.24) is 9.78 Å². The Morgan fingerprint density at radius 1 is 1.15 bits per heavy atom. The Hall–Kier alpha value is -3.69. The Morgan fingerprint density at radius 3 is 2.42 bits per heavy atom. The van der Waals surface area contributed by atoms with Gasteiger partial charge in [-0.2, -0.15) is 18.3 Å². The van der Waals surface area contributed by atoms with Crippen LogP contribution >= 0.6 is 0 Å². The van der Waals surface area contributed by atoms with Gasteiger partial charge in [-0.05, 0) is 23.6 Å². The number of amides is 1. The number of carbonyl (C=O) groups excluding carboxylic acids is 1. The molecule has 0 aliphatic carbocycles. The van der Waals surface area contributed by atoms with Gasteiger partial charge in [0.25, 0.3) is 11.5 Å². The molecule has 0 saturated heterocycles. The van der Waals surface area contributed by atoms with Crippen molar-refractivity contribution < 1.29 is 27.1 Å². The van der Waals surface area contributed by atoms with Crippen LogP contribution in [0.5, 0.6) is 5.75 Å². The second kappa shape index (κ2) is 9.05. The number of ether oxygens (including phenoxy) is 1. The number of anilines is 1. The minimum absolute atomic E-state index is 0.0600. The van der Waals surface area contributed by atoms with Gasteiger partial charge >= 0.3 is 6.18 Å². The van der Waals surface area contributed by atoms with E-state index < -0.39 is 34.6 Å². The summed E-state index contributed by atoms with van der Waals surface area (Å²) in [4.78, 5) is 25.2. The number of carbonyl (C=O) groups is 1. The first-order chi connectivity index (χ1) is 15.5. The summed E-state index contributed by atoms with van der Waals surface area (Å²) in [6, 6.07) is 9.59. The van der Waals surface area contributed by atoms with E-state index >= 15 is 0 Å². The predicted octanol–water partition coefficient (Wildman–Crippen LogP) is 4.99. The Bertz CT molecular complexity index is 1270. The lowest BCUT2D eigenvalue weighted by atomic mass is 9.94. The molecular formula is C23H21F4N3O3. The van der Waals surface area contributed by atoms with Gasteiger partial charge in [0, 0.05) is 18.7 Å². The van der Waals surface area contributed by atoms with Crippen molar-refractivity contribution in [2.24, 2.45) is 7.05 Å². The van der Waals surface area contributed by atoms with Gasteiger partial charge in [0.2, 0.25) is 0 Å². The van der Waals surface area contributed by atoms with Crippen molar-refractivity contribution in [3.8, 4) is 17.0 Å². The predicted molar refractivity (Wildman–Crippen MR) is 115 cm³/mol. The molecule has 1 amide bonds. The molecule has 6 nitrogen and oxygen atoms in total. The SMILES string of the molecule is COc1ccc(C(F)(F)F)c(F)c1C(=O)Nc1cc(=O)n(C)nc1-c1ccccc1C(C)C. The third kappa shape index (κ3) is 4.74. The van der Waals surface area contributed by atoms with E-state index in [2.05, 4.69) is 10.4 Å². The largest absolute Gasteiger partial charge is 0.496 e. The number of benzene rings is 2. The first-order valence-electron chi connectivity index (χ1n) is 9.88. The molecule has 0 saturated carbocycles. The van der Waals surface area contributed by atoms with E-state index in [1.165, 1.54) is 7.05 Å². The first-order valence-corrected chi connectivity index (χ1v) is 9.88. The van der Waals surface area contributed by atoms with Gasteiger partial charge in [0.05, 0.1) is 18.4 Å². The maximum Gasteiger partial charge on any atom is 0.419 e. The van der Waals surface area contributed by atoms with Gasteiger partial charge in [-0.1, -0.05) is 38.1 Å². The van der Waals surface area contributed by atoms with Crippen LogP contribution in [0.2, 0.25) is 0 Å². The number of rotatable bonds is 5. The van der Waals surface area contributed by atoms with Crippen LogP contribution in [-0.2, 0) is 13.2 Å². The van der Waals surface area contributed by atoms with E-state index in [-0.39, 0.29) is 23.0 Å². The average Bonchev–Trinajstić information content (AvgIpc) is 2.74. The highest BCUT2D eigenvalue weighted by molar-refractivity contribution is 6.08. The zero-order valence-corrected chi connectivity index (χ0v) is 18.2. The number of hydrogen-bond donors (Lipinski definition) is 1. The molecule has 0 bridgehead atoms. The highest BCUT2D eigenvalue weighted by Gasteiger charge is 2.37. The summed E-state index contributed by atoms with van der Waals surface area (Å²) < 4.78 is 60.3. The first kappa shape index (κ1) is 24.0. The number of nitrogens with zero attached hydrogens (tertiary/aromatic N) is 2. The Balaban J connectivity index is 2.17. The van der Waals surface area contributed by atoms with E-state index in [0.29, 0.717) is 11.6 Å². The highest BCUT2D eigenvalue weighted by Crippen LogP contribution is 2.37. The summed E-state index contributed by atoms with van der Waals surface area (Å²) >= 11 is 0. The number of halogens is 4. The molecule has 0 fully saturated rings. The van der Waals surface area contributed by atoms with Crippen molar-refractivity contribution in [3.63, 3.8) is 0 Å². The van der Waals surface area contributed by atoms with Crippen LogP contribution in [-0.4, -0.2) is 22.8 Å². The van der Waals surface area contributed by atoms with Crippen molar-refractivity contribution in [3.05, 3.63) is 75.3 Å². The van der Waals surface area contributed by atoms with Crippen molar-refractivity contribution in [2.75, 3.05) is 12.4 Å². The lowest BCUT2D eigenvalue weighted by molar-refractivity contribution is -0.140. The molecule has 174 valence electrons. The average molecular weight is 463 g/mol. The molecule has 33 heavy (non-hydrogen) atoms. The molecule has 0 unspecified atom stereocenters. The normalized spacial score (nSPS) is 11.5. The number of aryl methyl sites for hydroxylation is 1. The van der Waals surface area contributed by atoms with Crippen LogP contribution in [0.4, 0.5) is 23.2 Å². The zero-order valence-electron chi connectivity index (χ0n) is 18.2. The molecular weight excluding hydrogens is 442 g/mol. The maximum absolute atomic E-state index is 14.8. The molecule has 0 spiro atoms. The summed E-state index contributed by atoms with van der Waals surface area (Å²) in [6.45, 7) is 3.89. The van der Waals surface area contributed by atoms with Gasteiger partial charge in [0.15, 0.2) is 5.82 Å². The lowest BCUT2D eigenvalue weighted by Crippen LogP contribution is -2.24. The molecule has 3 rings (SSSR count). The fourth-order valence-electron chi connectivity index (χ4n) is 3.39. The summed E-state index contributed by atoms with van der Waals surface area (Å²) in [5.41, 5.74) is -1.52. The number of nitrogens with one attached hydrogen (secondary N) is 1. The molecule has 0 radical (unpaired) electrons. The van der Waals surface area contributed by atoms with Gasteiger partial charge in [-0.15, -0.1) is 0 Å². The molecule has 0 aliphatic rings. The molecule has 0 atom stereocenters. The molecule has 2 aromatic carbocycles. The van der Waals surface area contributed by atoms with Gasteiger partial charge in [0.1, 0.15) is 17.0 Å². The Morgan fingerprint density at radius 2 is 1.82 bits per heavy atom. The van der Waals surface area contributed by atoms with E-state index in [1.54, 1.807) is 12.1 Å². The fourth-order valence-corrected chi connectivity index (χ4v) is 3.39. The third-order valence-corrected chi connectivity index (χ3v) is 5.03. The lowest BCUT2D eigenvalue weighted by Gasteiger charge is -2.18. The van der Waals surface area contributed by atoms with Crippen LogP contribution < -0.4 is 15.6 Å². The monoisotopic (exact) mass is 463 g/mol. The Labute approximate surface area is 186 Å². The van der Waals surface area contributed by atoms with Crippen LogP contribution in [0.25, 0.3) is 11.3 Å². The van der Waals surface area contributed by atoms with Crippen LogP contribution in [0.3, 0.4) is 0 Å². The van der Waals surface area contributed by atoms with Crippen LogP contribution in [0.1, 0.15) is 41.3 Å². The van der Waals surface area contributed by atoms with Crippen molar-refractivity contribution >= 4 is 11.6 Å². The smallest absolute Gasteiger partial charge is 0.419 e.